The van der Waals surface area contributed by atoms with Gasteiger partial charge < -0.3 is 14.5 Å². The summed E-state index contributed by atoms with van der Waals surface area (Å²) in [5.74, 6) is -0.0754. The Morgan fingerprint density at radius 3 is 2.32 bits per heavy atom. The van der Waals surface area contributed by atoms with E-state index in [1.54, 1.807) is 23.4 Å². The monoisotopic (exact) mass is 450 g/mol. The molecule has 3 heterocycles. The van der Waals surface area contributed by atoms with Crippen molar-refractivity contribution in [3.8, 4) is 0 Å². The lowest BCUT2D eigenvalue weighted by molar-refractivity contribution is -0.157. The molecule has 31 heavy (non-hydrogen) atoms. The molecule has 1 aliphatic carbocycles. The molecule has 1 aromatic rings. The summed E-state index contributed by atoms with van der Waals surface area (Å²) in [5, 5.41) is 0. The van der Waals surface area contributed by atoms with Gasteiger partial charge in [0.15, 0.2) is 16.4 Å². The van der Waals surface area contributed by atoms with E-state index in [4.69, 9.17) is 4.74 Å². The number of amides is 1. The van der Waals surface area contributed by atoms with Gasteiger partial charge in [0.1, 0.15) is 0 Å². The van der Waals surface area contributed by atoms with E-state index >= 15 is 0 Å². The van der Waals surface area contributed by atoms with Crippen LogP contribution in [0.1, 0.15) is 44.9 Å². The molecule has 1 atom stereocenters. The number of piperidine rings is 1. The molecule has 170 valence electrons. The Bertz CT molecular complexity index is 880. The van der Waals surface area contributed by atoms with Crippen molar-refractivity contribution in [1.29, 1.82) is 0 Å². The molecule has 2 saturated heterocycles. The highest BCUT2D eigenvalue weighted by atomic mass is 32.2. The first kappa shape index (κ1) is 22.0. The van der Waals surface area contributed by atoms with Crippen LogP contribution >= 0.6 is 0 Å². The highest BCUT2D eigenvalue weighted by Crippen LogP contribution is 2.29. The van der Waals surface area contributed by atoms with Crippen LogP contribution in [-0.2, 0) is 24.2 Å². The highest BCUT2D eigenvalue weighted by Gasteiger charge is 2.39. The maximum absolute atomic E-state index is 13.0. The van der Waals surface area contributed by atoms with Crippen LogP contribution in [0.15, 0.2) is 18.5 Å². The van der Waals surface area contributed by atoms with Crippen molar-refractivity contribution in [1.82, 2.24) is 14.9 Å². The van der Waals surface area contributed by atoms with Crippen LogP contribution in [-0.4, -0.2) is 78.4 Å². The molecular weight excluding hydrogens is 420 g/mol. The van der Waals surface area contributed by atoms with E-state index in [1.165, 1.54) is 0 Å². The van der Waals surface area contributed by atoms with Gasteiger partial charge in [-0.3, -0.25) is 9.59 Å². The summed E-state index contributed by atoms with van der Waals surface area (Å²) >= 11 is 0. The lowest BCUT2D eigenvalue weighted by atomic mass is 9.97. The molecule has 3 aliphatic rings. The van der Waals surface area contributed by atoms with Crippen LogP contribution in [0.2, 0.25) is 0 Å². The summed E-state index contributed by atoms with van der Waals surface area (Å²) in [6.07, 6.45) is 8.96. The Hall–Kier alpha value is -2.23. The topological polar surface area (TPSA) is 110 Å². The van der Waals surface area contributed by atoms with Crippen LogP contribution in [0, 0.1) is 5.92 Å². The second-order valence-corrected chi connectivity index (χ2v) is 10.9. The normalized spacial score (nSPS) is 24.3. The number of carbonyl (C=O) groups is 2. The van der Waals surface area contributed by atoms with Gasteiger partial charge in [0.2, 0.25) is 5.95 Å². The van der Waals surface area contributed by atoms with Crippen molar-refractivity contribution < 1.29 is 22.7 Å². The lowest BCUT2D eigenvalue weighted by Gasteiger charge is -2.34. The molecule has 0 bridgehead atoms. The van der Waals surface area contributed by atoms with Gasteiger partial charge in [-0.2, -0.15) is 0 Å². The Balaban J connectivity index is 1.30. The van der Waals surface area contributed by atoms with Crippen molar-refractivity contribution in [2.75, 3.05) is 36.1 Å². The molecule has 0 radical (unpaired) electrons. The van der Waals surface area contributed by atoms with E-state index in [9.17, 15) is 18.0 Å². The minimum atomic E-state index is -3.10. The number of anilines is 1. The van der Waals surface area contributed by atoms with Gasteiger partial charge >= 0.3 is 5.97 Å². The van der Waals surface area contributed by atoms with Crippen LogP contribution in [0.3, 0.4) is 0 Å². The highest BCUT2D eigenvalue weighted by molar-refractivity contribution is 7.91. The molecule has 1 unspecified atom stereocenters. The Kier molecular flexibility index (Phi) is 6.74. The molecule has 0 spiro atoms. The summed E-state index contributed by atoms with van der Waals surface area (Å²) in [7, 11) is -3.10. The first-order chi connectivity index (χ1) is 14.9. The van der Waals surface area contributed by atoms with Gasteiger partial charge in [0.05, 0.1) is 17.4 Å². The number of aromatic nitrogens is 2. The third-order valence-corrected chi connectivity index (χ3v) is 8.36. The maximum atomic E-state index is 13.0. The van der Waals surface area contributed by atoms with E-state index in [1.807, 2.05) is 4.90 Å². The number of esters is 1. The first-order valence-corrected chi connectivity index (χ1v) is 13.0. The second kappa shape index (κ2) is 9.50. The lowest BCUT2D eigenvalue weighted by Crippen LogP contribution is -2.49. The number of nitrogens with zero attached hydrogens (tertiary/aromatic N) is 4. The Labute approximate surface area is 183 Å². The predicted molar refractivity (Wildman–Crippen MR) is 114 cm³/mol. The maximum Gasteiger partial charge on any atom is 0.309 e. The van der Waals surface area contributed by atoms with Gasteiger partial charge in [-0.25, -0.2) is 18.4 Å². The molecule has 0 N–H and O–H groups in total. The fourth-order valence-electron chi connectivity index (χ4n) is 4.98. The van der Waals surface area contributed by atoms with Crippen molar-refractivity contribution in [2.45, 2.75) is 57.0 Å². The SMILES string of the molecule is O=C(OCC(=O)N(C1CCCC1)C1CCS(=O)(=O)C1)C1CCN(c2ncccn2)CC1. The third kappa shape index (κ3) is 5.34. The van der Waals surface area contributed by atoms with Gasteiger partial charge in [-0.1, -0.05) is 12.8 Å². The largest absolute Gasteiger partial charge is 0.455 e. The smallest absolute Gasteiger partial charge is 0.309 e. The Morgan fingerprint density at radius 1 is 1.03 bits per heavy atom. The van der Waals surface area contributed by atoms with Crippen LogP contribution in [0.5, 0.6) is 0 Å². The molecule has 1 amide bonds. The fraction of sp³-hybridized carbons (Fsp3) is 0.714. The number of ether oxygens (including phenoxy) is 1. The van der Waals surface area contributed by atoms with Crippen LogP contribution in [0.4, 0.5) is 5.95 Å². The van der Waals surface area contributed by atoms with E-state index < -0.39 is 9.84 Å². The number of sulfone groups is 1. The van der Waals surface area contributed by atoms with Crippen molar-refractivity contribution >= 4 is 27.7 Å². The molecule has 1 saturated carbocycles. The van der Waals surface area contributed by atoms with Crippen LogP contribution < -0.4 is 4.90 Å². The number of rotatable bonds is 6. The number of hydrogen-bond donors (Lipinski definition) is 0. The Morgan fingerprint density at radius 2 is 1.71 bits per heavy atom. The first-order valence-electron chi connectivity index (χ1n) is 11.1. The standard InChI is InChI=1S/C21H30N4O5S/c26-19(25(17-4-1-2-5-17)18-8-13-31(28,29)15-18)14-30-20(27)16-6-11-24(12-7-16)21-22-9-3-10-23-21/h3,9-10,16-18H,1-2,4-8,11-15H2. The molecule has 4 rings (SSSR count). The molecular formula is C21H30N4O5S. The van der Waals surface area contributed by atoms with Crippen molar-refractivity contribution in [2.24, 2.45) is 5.92 Å². The van der Waals surface area contributed by atoms with Gasteiger partial charge in [0, 0.05) is 37.6 Å². The minimum absolute atomic E-state index is 0.0171. The van der Waals surface area contributed by atoms with E-state index in [-0.39, 0.29) is 48.0 Å². The summed E-state index contributed by atoms with van der Waals surface area (Å²) in [6.45, 7) is 1.01. The minimum Gasteiger partial charge on any atom is -0.455 e. The predicted octanol–water partition coefficient (Wildman–Crippen LogP) is 1.19. The third-order valence-electron chi connectivity index (χ3n) is 6.61. The summed E-state index contributed by atoms with van der Waals surface area (Å²) < 4.78 is 29.3. The molecule has 9 nitrogen and oxygen atoms in total. The van der Waals surface area contributed by atoms with Crippen molar-refractivity contribution in [3.05, 3.63) is 18.5 Å². The molecule has 2 aliphatic heterocycles. The summed E-state index contributed by atoms with van der Waals surface area (Å²) in [4.78, 5) is 37.8. The molecule has 10 heteroatoms. The summed E-state index contributed by atoms with van der Waals surface area (Å²) in [6, 6.07) is 1.52. The average molecular weight is 451 g/mol. The number of hydrogen-bond acceptors (Lipinski definition) is 8. The van der Waals surface area contributed by atoms with E-state index in [2.05, 4.69) is 9.97 Å². The van der Waals surface area contributed by atoms with E-state index in [0.29, 0.717) is 38.3 Å². The van der Waals surface area contributed by atoms with Gasteiger partial charge in [-0.15, -0.1) is 0 Å². The zero-order valence-corrected chi connectivity index (χ0v) is 18.5. The molecule has 1 aromatic heterocycles. The van der Waals surface area contributed by atoms with Crippen LogP contribution in [0.25, 0.3) is 0 Å². The zero-order valence-electron chi connectivity index (χ0n) is 17.7. The number of carbonyl (C=O) groups excluding carboxylic acids is 2. The van der Waals surface area contributed by atoms with Gasteiger partial charge in [0.25, 0.3) is 5.91 Å². The fourth-order valence-corrected chi connectivity index (χ4v) is 6.69. The molecule has 0 aromatic carbocycles. The van der Waals surface area contributed by atoms with E-state index in [0.717, 1.165) is 25.7 Å². The average Bonchev–Trinajstić information content (AvgIpc) is 3.43. The second-order valence-electron chi connectivity index (χ2n) is 8.71. The molecule has 3 fully saturated rings. The van der Waals surface area contributed by atoms with Gasteiger partial charge in [-0.05, 0) is 38.2 Å². The quantitative estimate of drug-likeness (QED) is 0.595. The zero-order chi connectivity index (χ0) is 21.8. The van der Waals surface area contributed by atoms with Crippen molar-refractivity contribution in [3.63, 3.8) is 0 Å². The summed E-state index contributed by atoms with van der Waals surface area (Å²) in [5.41, 5.74) is 0.